The summed E-state index contributed by atoms with van der Waals surface area (Å²) in [5.41, 5.74) is 4.91. The number of ether oxygens (including phenoxy) is 2. The number of methoxy groups -OCH3 is 1. The van der Waals surface area contributed by atoms with Crippen LogP contribution in [-0.2, 0) is 11.4 Å². The number of nitrogens with zero attached hydrogens (tertiary/aromatic N) is 1. The number of carbonyl (C=O) groups is 2. The lowest BCUT2D eigenvalue weighted by atomic mass is 10.2. The minimum atomic E-state index is -0.392. The maximum Gasteiger partial charge on any atom is 0.271 e. The zero-order valence-electron chi connectivity index (χ0n) is 18.2. The number of hydrogen-bond acceptors (Lipinski definition) is 5. The maximum atomic E-state index is 12.3. The van der Waals surface area contributed by atoms with Crippen LogP contribution in [-0.4, -0.2) is 25.1 Å². The molecule has 3 aromatic carbocycles. The fraction of sp³-hybridized carbons (Fsp3) is 0.125. The monoisotopic (exact) mass is 563 g/mol. The number of hydrogen-bond donors (Lipinski definition) is 2. The molecule has 176 valence electrons. The average Bonchev–Trinajstić information content (AvgIpc) is 2.79. The highest BCUT2D eigenvalue weighted by atomic mass is 79.9. The molecule has 0 aliphatic rings. The summed E-state index contributed by atoms with van der Waals surface area (Å²) in [6.07, 6.45) is 1.48. The van der Waals surface area contributed by atoms with Crippen LogP contribution in [0.15, 0.2) is 64.2 Å². The van der Waals surface area contributed by atoms with Crippen molar-refractivity contribution in [3.8, 4) is 11.5 Å². The van der Waals surface area contributed by atoms with Crippen molar-refractivity contribution in [3.63, 3.8) is 0 Å². The van der Waals surface area contributed by atoms with Crippen LogP contribution < -0.4 is 20.2 Å². The lowest BCUT2D eigenvalue weighted by molar-refractivity contribution is -0.114. The summed E-state index contributed by atoms with van der Waals surface area (Å²) in [4.78, 5) is 23.4. The molecule has 3 rings (SSSR count). The smallest absolute Gasteiger partial charge is 0.271 e. The molecular weight excluding hydrogens is 545 g/mol. The zero-order chi connectivity index (χ0) is 24.7. The van der Waals surface area contributed by atoms with Gasteiger partial charge in [-0.2, -0.15) is 5.10 Å². The molecular formula is C24H20BrCl2N3O4. The minimum Gasteiger partial charge on any atom is -0.493 e. The van der Waals surface area contributed by atoms with Gasteiger partial charge in [-0.25, -0.2) is 5.43 Å². The second-order valence-corrected chi connectivity index (χ2v) is 8.71. The predicted molar refractivity (Wildman–Crippen MR) is 137 cm³/mol. The first-order valence-electron chi connectivity index (χ1n) is 9.92. The summed E-state index contributed by atoms with van der Waals surface area (Å²) in [5.74, 6) is 0.389. The van der Waals surface area contributed by atoms with Crippen molar-refractivity contribution in [2.45, 2.75) is 13.5 Å². The molecule has 0 heterocycles. The molecule has 0 aromatic heterocycles. The summed E-state index contributed by atoms with van der Waals surface area (Å²) < 4.78 is 12.0. The molecule has 0 unspecified atom stereocenters. The maximum absolute atomic E-state index is 12.3. The lowest BCUT2D eigenvalue weighted by Crippen LogP contribution is -2.17. The number of nitrogens with one attached hydrogen (secondary N) is 2. The molecule has 0 saturated carbocycles. The zero-order valence-corrected chi connectivity index (χ0v) is 21.3. The number of anilines is 1. The number of hydrazone groups is 1. The highest BCUT2D eigenvalue weighted by molar-refractivity contribution is 9.10. The Morgan fingerprint density at radius 3 is 2.47 bits per heavy atom. The van der Waals surface area contributed by atoms with Crippen molar-refractivity contribution in [2.24, 2.45) is 5.10 Å². The Hall–Kier alpha value is -3.07. The molecule has 0 atom stereocenters. The standard InChI is InChI=1S/C24H20BrCl2N3O4/c1-14(31)29-19-7-4-16(5-8-19)24(32)30-28-12-15-9-20(25)23(22(10-15)33-2)34-13-17-3-6-18(26)11-21(17)27/h3-12H,13H2,1-2H3,(H,29,31)(H,30,32)/b28-12-. The summed E-state index contributed by atoms with van der Waals surface area (Å²) in [6.45, 7) is 1.63. The minimum absolute atomic E-state index is 0.186. The normalized spacial score (nSPS) is 10.7. The van der Waals surface area contributed by atoms with Gasteiger partial charge in [0.05, 0.1) is 17.8 Å². The van der Waals surface area contributed by atoms with E-state index in [-0.39, 0.29) is 12.5 Å². The van der Waals surface area contributed by atoms with Gasteiger partial charge in [-0.3, -0.25) is 9.59 Å². The van der Waals surface area contributed by atoms with Crippen LogP contribution in [0.25, 0.3) is 0 Å². The van der Waals surface area contributed by atoms with Crippen LogP contribution in [0.1, 0.15) is 28.4 Å². The first-order valence-corrected chi connectivity index (χ1v) is 11.5. The van der Waals surface area contributed by atoms with E-state index in [4.69, 9.17) is 32.7 Å². The van der Waals surface area contributed by atoms with Crippen LogP contribution in [0.3, 0.4) is 0 Å². The van der Waals surface area contributed by atoms with Gasteiger partial charge in [-0.1, -0.05) is 29.3 Å². The van der Waals surface area contributed by atoms with Crippen molar-refractivity contribution in [1.82, 2.24) is 5.43 Å². The van der Waals surface area contributed by atoms with Gasteiger partial charge < -0.3 is 14.8 Å². The molecule has 0 radical (unpaired) electrons. The van der Waals surface area contributed by atoms with E-state index < -0.39 is 5.91 Å². The van der Waals surface area contributed by atoms with Gasteiger partial charge in [0.1, 0.15) is 6.61 Å². The topological polar surface area (TPSA) is 89.0 Å². The molecule has 2 amide bonds. The van der Waals surface area contributed by atoms with E-state index in [9.17, 15) is 9.59 Å². The van der Waals surface area contributed by atoms with Gasteiger partial charge in [0.2, 0.25) is 5.91 Å². The molecule has 0 fully saturated rings. The third-order valence-electron chi connectivity index (χ3n) is 4.49. The molecule has 7 nitrogen and oxygen atoms in total. The van der Waals surface area contributed by atoms with Gasteiger partial charge in [-0.15, -0.1) is 0 Å². The van der Waals surface area contributed by atoms with Crippen molar-refractivity contribution in [3.05, 3.63) is 85.8 Å². The van der Waals surface area contributed by atoms with Gasteiger partial charge in [0.15, 0.2) is 11.5 Å². The quantitative estimate of drug-likeness (QED) is 0.257. The van der Waals surface area contributed by atoms with E-state index in [1.165, 1.54) is 20.2 Å². The van der Waals surface area contributed by atoms with E-state index in [0.29, 0.717) is 42.8 Å². The molecule has 0 aliphatic carbocycles. The summed E-state index contributed by atoms with van der Waals surface area (Å²) in [6, 6.07) is 15.1. The van der Waals surface area contributed by atoms with E-state index >= 15 is 0 Å². The van der Waals surface area contributed by atoms with E-state index in [1.54, 1.807) is 54.6 Å². The largest absolute Gasteiger partial charge is 0.493 e. The first kappa shape index (κ1) is 25.6. The van der Waals surface area contributed by atoms with Gasteiger partial charge in [-0.05, 0) is 70.0 Å². The Morgan fingerprint density at radius 2 is 1.82 bits per heavy atom. The van der Waals surface area contributed by atoms with Crippen molar-refractivity contribution in [1.29, 1.82) is 0 Å². The number of rotatable bonds is 8. The number of halogens is 3. The molecule has 2 N–H and O–H groups in total. The number of amides is 2. The molecule has 3 aromatic rings. The van der Waals surface area contributed by atoms with Gasteiger partial charge in [0.25, 0.3) is 5.91 Å². The van der Waals surface area contributed by atoms with Crippen molar-refractivity contribution < 1.29 is 19.1 Å². The first-order chi connectivity index (χ1) is 16.3. The molecule has 0 aliphatic heterocycles. The summed E-state index contributed by atoms with van der Waals surface area (Å²) in [7, 11) is 1.53. The Bertz CT molecular complexity index is 1230. The van der Waals surface area contributed by atoms with Gasteiger partial charge >= 0.3 is 0 Å². The molecule has 0 saturated heterocycles. The van der Waals surface area contributed by atoms with Gasteiger partial charge in [0, 0.05) is 33.8 Å². The van der Waals surface area contributed by atoms with Crippen LogP contribution in [0.5, 0.6) is 11.5 Å². The lowest BCUT2D eigenvalue weighted by Gasteiger charge is -2.14. The highest BCUT2D eigenvalue weighted by Gasteiger charge is 2.13. The molecule has 0 spiro atoms. The van der Waals surface area contributed by atoms with Crippen LogP contribution in [0.2, 0.25) is 10.0 Å². The predicted octanol–water partition coefficient (Wildman–Crippen LogP) is 6.07. The van der Waals surface area contributed by atoms with Crippen molar-refractivity contribution in [2.75, 3.05) is 12.4 Å². The Labute approximate surface area is 215 Å². The second-order valence-electron chi connectivity index (χ2n) is 7.02. The Balaban J connectivity index is 1.66. The number of carbonyl (C=O) groups excluding carboxylic acids is 2. The van der Waals surface area contributed by atoms with Crippen molar-refractivity contribution >= 4 is 62.8 Å². The molecule has 10 heteroatoms. The molecule has 0 bridgehead atoms. The van der Waals surface area contributed by atoms with E-state index in [0.717, 1.165) is 5.56 Å². The van der Waals surface area contributed by atoms with E-state index in [2.05, 4.69) is 31.8 Å². The Kier molecular flexibility index (Phi) is 8.92. The summed E-state index contributed by atoms with van der Waals surface area (Å²) in [5, 5.41) is 7.70. The third-order valence-corrected chi connectivity index (χ3v) is 5.66. The molecule has 34 heavy (non-hydrogen) atoms. The average molecular weight is 565 g/mol. The number of benzene rings is 3. The highest BCUT2D eigenvalue weighted by Crippen LogP contribution is 2.37. The van der Waals surface area contributed by atoms with E-state index in [1.807, 2.05) is 0 Å². The fourth-order valence-corrected chi connectivity index (χ4v) is 3.92. The Morgan fingerprint density at radius 1 is 1.09 bits per heavy atom. The van der Waals surface area contributed by atoms with Crippen LogP contribution in [0.4, 0.5) is 5.69 Å². The third kappa shape index (κ3) is 6.96. The van der Waals surface area contributed by atoms with Crippen LogP contribution >= 0.6 is 39.1 Å². The second kappa shape index (κ2) is 11.9. The van der Waals surface area contributed by atoms with Crippen LogP contribution in [0, 0.1) is 0 Å². The fourth-order valence-electron chi connectivity index (χ4n) is 2.88. The summed E-state index contributed by atoms with van der Waals surface area (Å²) >= 11 is 15.6. The SMILES string of the molecule is COc1cc(/C=N\NC(=O)c2ccc(NC(C)=O)cc2)cc(Br)c1OCc1ccc(Cl)cc1Cl.